The van der Waals surface area contributed by atoms with Crippen molar-refractivity contribution in [3.8, 4) is 27.9 Å². The van der Waals surface area contributed by atoms with Gasteiger partial charge < -0.3 is 13.9 Å². The average Bonchev–Trinajstić information content (AvgIpc) is 3.88. The van der Waals surface area contributed by atoms with Gasteiger partial charge in [-0.25, -0.2) is 0 Å². The van der Waals surface area contributed by atoms with E-state index < -0.39 is 0 Å². The topological polar surface area (TPSA) is 21.3 Å². The molecule has 0 N–H and O–H groups in total. The molecular formula is C58H44N2O. The number of furan rings is 1. The van der Waals surface area contributed by atoms with Gasteiger partial charge in [0.2, 0.25) is 0 Å². The molecule has 0 aliphatic heterocycles. The number of fused-ring (bicyclic) bond motifs is 7. The summed E-state index contributed by atoms with van der Waals surface area (Å²) < 4.78 is 9.00. The molecule has 11 aromatic rings. The molecule has 2 heterocycles. The standard InChI is InChI=1S/C58H44N2O/c1-3-17-39(18-4-1)45-28-14-19-40-20-15-30-51(57(40)45)47-25-7-10-32-53(47)59(44-35-36-50-49-27-9-12-34-55(49)61-56(50)38-44)43-24-13-21-41(37-43)46-29-16-31-52-48-26-8-11-33-54(48)60(58(46)52)42-22-5-2-6-23-42/h2,5-16,19-39H,1,3-4,17-18H2. The summed E-state index contributed by atoms with van der Waals surface area (Å²) in [6.45, 7) is 0. The van der Waals surface area contributed by atoms with E-state index in [-0.39, 0.29) is 0 Å². The van der Waals surface area contributed by atoms with Gasteiger partial charge in [0.05, 0.1) is 16.7 Å². The van der Waals surface area contributed by atoms with Crippen molar-refractivity contribution in [3.63, 3.8) is 0 Å². The van der Waals surface area contributed by atoms with Crippen LogP contribution in [0.4, 0.5) is 17.1 Å². The first kappa shape index (κ1) is 35.6. The molecule has 1 aliphatic carbocycles. The lowest BCUT2D eigenvalue weighted by atomic mass is 9.80. The Morgan fingerprint density at radius 1 is 0.459 bits per heavy atom. The van der Waals surface area contributed by atoms with Crippen molar-refractivity contribution in [2.75, 3.05) is 4.90 Å². The Hall–Kier alpha value is -7.36. The van der Waals surface area contributed by atoms with E-state index in [9.17, 15) is 0 Å². The van der Waals surface area contributed by atoms with Gasteiger partial charge in [-0.15, -0.1) is 0 Å². The van der Waals surface area contributed by atoms with Gasteiger partial charge in [-0.2, -0.15) is 0 Å². The molecule has 9 aromatic carbocycles. The fourth-order valence-corrected chi connectivity index (χ4v) is 10.4. The zero-order valence-electron chi connectivity index (χ0n) is 34.0. The van der Waals surface area contributed by atoms with Gasteiger partial charge in [-0.3, -0.25) is 0 Å². The molecule has 12 rings (SSSR count). The summed E-state index contributed by atoms with van der Waals surface area (Å²) in [5.74, 6) is 0.572. The van der Waals surface area contributed by atoms with Crippen LogP contribution in [0.15, 0.2) is 205 Å². The summed E-state index contributed by atoms with van der Waals surface area (Å²) in [4.78, 5) is 2.44. The third kappa shape index (κ3) is 5.95. The van der Waals surface area contributed by atoms with Crippen molar-refractivity contribution in [1.82, 2.24) is 4.57 Å². The van der Waals surface area contributed by atoms with Crippen LogP contribution in [-0.4, -0.2) is 4.57 Å². The van der Waals surface area contributed by atoms with Crippen LogP contribution in [0, 0.1) is 0 Å². The highest BCUT2D eigenvalue weighted by atomic mass is 16.3. The summed E-state index contributed by atoms with van der Waals surface area (Å²) >= 11 is 0. The van der Waals surface area contributed by atoms with E-state index in [0.717, 1.165) is 50.3 Å². The highest BCUT2D eigenvalue weighted by molar-refractivity contribution is 6.14. The van der Waals surface area contributed by atoms with Crippen molar-refractivity contribution < 1.29 is 4.42 Å². The van der Waals surface area contributed by atoms with Crippen LogP contribution in [0.25, 0.3) is 82.5 Å². The van der Waals surface area contributed by atoms with Gasteiger partial charge in [-0.05, 0) is 101 Å². The number of rotatable bonds is 7. The minimum atomic E-state index is 0.572. The summed E-state index contributed by atoms with van der Waals surface area (Å²) in [5, 5.41) is 7.42. The van der Waals surface area contributed by atoms with Gasteiger partial charge in [-0.1, -0.05) is 159 Å². The Balaban J connectivity index is 1.10. The molecule has 1 aliphatic rings. The molecule has 292 valence electrons. The first-order chi connectivity index (χ1) is 30.3. The molecule has 61 heavy (non-hydrogen) atoms. The van der Waals surface area contributed by atoms with Crippen molar-refractivity contribution in [1.29, 1.82) is 0 Å². The first-order valence-corrected chi connectivity index (χ1v) is 21.8. The van der Waals surface area contributed by atoms with Crippen LogP contribution in [0.3, 0.4) is 0 Å². The second-order valence-corrected chi connectivity index (χ2v) is 16.7. The Morgan fingerprint density at radius 3 is 2.03 bits per heavy atom. The summed E-state index contributed by atoms with van der Waals surface area (Å²) in [6, 6.07) is 73.3. The lowest BCUT2D eigenvalue weighted by Gasteiger charge is -2.29. The van der Waals surface area contributed by atoms with Gasteiger partial charge in [0.25, 0.3) is 0 Å². The number of aromatic nitrogens is 1. The molecular weight excluding hydrogens is 741 g/mol. The second kappa shape index (κ2) is 14.7. The predicted molar refractivity (Wildman–Crippen MR) is 257 cm³/mol. The number of hydrogen-bond acceptors (Lipinski definition) is 2. The smallest absolute Gasteiger partial charge is 0.137 e. The monoisotopic (exact) mass is 784 g/mol. The maximum atomic E-state index is 6.57. The average molecular weight is 785 g/mol. The van der Waals surface area contributed by atoms with E-state index in [1.165, 1.54) is 86.9 Å². The molecule has 3 nitrogen and oxygen atoms in total. The zero-order valence-corrected chi connectivity index (χ0v) is 34.0. The summed E-state index contributed by atoms with van der Waals surface area (Å²) in [6.07, 6.45) is 6.44. The quantitative estimate of drug-likeness (QED) is 0.161. The highest BCUT2D eigenvalue weighted by Gasteiger charge is 2.24. The van der Waals surface area contributed by atoms with E-state index >= 15 is 0 Å². The molecule has 0 amide bonds. The van der Waals surface area contributed by atoms with Gasteiger partial charge in [0, 0.05) is 55.8 Å². The molecule has 0 radical (unpaired) electrons. The van der Waals surface area contributed by atoms with Gasteiger partial charge in [0.15, 0.2) is 0 Å². The van der Waals surface area contributed by atoms with Crippen molar-refractivity contribution in [2.24, 2.45) is 0 Å². The van der Waals surface area contributed by atoms with Crippen LogP contribution in [0.2, 0.25) is 0 Å². The predicted octanol–water partition coefficient (Wildman–Crippen LogP) is 16.7. The fourth-order valence-electron chi connectivity index (χ4n) is 10.4. The van der Waals surface area contributed by atoms with Crippen LogP contribution < -0.4 is 4.90 Å². The fraction of sp³-hybridized carbons (Fsp3) is 0.103. The number of anilines is 3. The van der Waals surface area contributed by atoms with Gasteiger partial charge >= 0.3 is 0 Å². The second-order valence-electron chi connectivity index (χ2n) is 16.7. The van der Waals surface area contributed by atoms with E-state index in [2.05, 4.69) is 204 Å². The van der Waals surface area contributed by atoms with Gasteiger partial charge in [0.1, 0.15) is 11.2 Å². The van der Waals surface area contributed by atoms with E-state index in [1.807, 2.05) is 6.07 Å². The number of para-hydroxylation sites is 5. The summed E-state index contributed by atoms with van der Waals surface area (Å²) in [5.41, 5.74) is 14.9. The molecule has 1 fully saturated rings. The minimum Gasteiger partial charge on any atom is -0.456 e. The lowest BCUT2D eigenvalue weighted by molar-refractivity contribution is 0.445. The Kier molecular flexibility index (Phi) is 8.59. The van der Waals surface area contributed by atoms with E-state index in [1.54, 1.807) is 0 Å². The molecule has 0 spiro atoms. The third-order valence-electron chi connectivity index (χ3n) is 13.2. The number of benzene rings is 9. The largest absolute Gasteiger partial charge is 0.456 e. The Bertz CT molecular complexity index is 3420. The van der Waals surface area contributed by atoms with E-state index in [0.29, 0.717) is 5.92 Å². The molecule has 0 atom stereocenters. The Morgan fingerprint density at radius 2 is 1.13 bits per heavy atom. The maximum absolute atomic E-state index is 6.57. The van der Waals surface area contributed by atoms with E-state index in [4.69, 9.17) is 4.42 Å². The molecule has 0 unspecified atom stereocenters. The Labute approximate surface area is 355 Å². The van der Waals surface area contributed by atoms with Crippen LogP contribution in [0.5, 0.6) is 0 Å². The highest BCUT2D eigenvalue weighted by Crippen LogP contribution is 2.47. The van der Waals surface area contributed by atoms with Crippen LogP contribution >= 0.6 is 0 Å². The molecule has 3 heteroatoms. The number of nitrogens with zero attached hydrogens (tertiary/aromatic N) is 2. The molecule has 1 saturated carbocycles. The van der Waals surface area contributed by atoms with Crippen molar-refractivity contribution in [2.45, 2.75) is 38.0 Å². The van der Waals surface area contributed by atoms with Crippen molar-refractivity contribution in [3.05, 3.63) is 206 Å². The lowest BCUT2D eigenvalue weighted by Crippen LogP contribution is -2.11. The molecule has 0 saturated heterocycles. The first-order valence-electron chi connectivity index (χ1n) is 21.8. The summed E-state index contributed by atoms with van der Waals surface area (Å²) in [7, 11) is 0. The third-order valence-corrected chi connectivity index (χ3v) is 13.2. The van der Waals surface area contributed by atoms with Crippen LogP contribution in [-0.2, 0) is 0 Å². The SMILES string of the molecule is c1ccc(-n2c3ccccc3c3cccc(-c4cccc(N(c5ccc6c(c5)oc5ccccc56)c5ccccc5-c5cccc6cccc(C7CCCCC7)c56)c4)c32)cc1. The minimum absolute atomic E-state index is 0.572. The zero-order chi connectivity index (χ0) is 40.3. The van der Waals surface area contributed by atoms with Crippen LogP contribution in [0.1, 0.15) is 43.6 Å². The van der Waals surface area contributed by atoms with Crippen molar-refractivity contribution >= 4 is 71.6 Å². The maximum Gasteiger partial charge on any atom is 0.137 e. The number of hydrogen-bond donors (Lipinski definition) is 0. The molecule has 2 aromatic heterocycles. The molecule has 0 bridgehead atoms. The normalized spacial score (nSPS) is 13.5.